The second-order valence-corrected chi connectivity index (χ2v) is 8.42. The minimum absolute atomic E-state index is 0.0141. The highest BCUT2D eigenvalue weighted by Crippen LogP contribution is 2.42. The molecule has 1 atom stereocenters. The number of rotatable bonds is 4. The van der Waals surface area contributed by atoms with Crippen LogP contribution in [0.4, 0.5) is 5.69 Å². The highest BCUT2D eigenvalue weighted by molar-refractivity contribution is 7.91. The molecule has 1 unspecified atom stereocenters. The van der Waals surface area contributed by atoms with Gasteiger partial charge in [0.15, 0.2) is 0 Å². The first-order valence-corrected chi connectivity index (χ1v) is 8.73. The van der Waals surface area contributed by atoms with Crippen molar-refractivity contribution in [2.75, 3.05) is 5.32 Å². The largest absolute Gasteiger partial charge is 0.326 e. The van der Waals surface area contributed by atoms with Crippen molar-refractivity contribution in [1.82, 2.24) is 4.72 Å². The van der Waals surface area contributed by atoms with Crippen LogP contribution in [0, 0.1) is 0 Å². The fourth-order valence-electron chi connectivity index (χ4n) is 2.67. The smallest absolute Gasteiger partial charge is 0.240 e. The van der Waals surface area contributed by atoms with Gasteiger partial charge in [0.1, 0.15) is 0 Å². The van der Waals surface area contributed by atoms with Gasteiger partial charge in [-0.05, 0) is 31.4 Å². The molecule has 3 rings (SSSR count). The van der Waals surface area contributed by atoms with E-state index in [1.165, 1.54) is 0 Å². The Kier molecular flexibility index (Phi) is 3.47. The molecular weight excluding hydrogens is 304 g/mol. The number of carbonyl (C=O) groups is 2. The predicted molar refractivity (Wildman–Crippen MR) is 81.7 cm³/mol. The van der Waals surface area contributed by atoms with E-state index in [0.29, 0.717) is 18.5 Å². The number of hydrogen-bond acceptors (Lipinski definition) is 4. The number of carbonyl (C=O) groups excluding carboxylic acids is 2. The molecule has 2 N–H and O–H groups in total. The van der Waals surface area contributed by atoms with Crippen molar-refractivity contribution in [1.29, 1.82) is 0 Å². The van der Waals surface area contributed by atoms with Crippen LogP contribution in [0.1, 0.15) is 44.1 Å². The summed E-state index contributed by atoms with van der Waals surface area (Å²) in [6, 6.07) is 7.27. The molecule has 1 aliphatic heterocycles. The van der Waals surface area contributed by atoms with Gasteiger partial charge < -0.3 is 5.32 Å². The molecule has 2 aliphatic rings. The van der Waals surface area contributed by atoms with Crippen LogP contribution in [0.2, 0.25) is 0 Å². The fraction of sp³-hybridized carbons (Fsp3) is 0.467. The molecule has 1 aromatic rings. The maximum Gasteiger partial charge on any atom is 0.240 e. The van der Waals surface area contributed by atoms with Gasteiger partial charge in [-0.25, -0.2) is 8.42 Å². The molecule has 1 heterocycles. The summed E-state index contributed by atoms with van der Waals surface area (Å²) in [4.78, 5) is 23.8. The number of hydrogen-bond donors (Lipinski definition) is 2. The highest BCUT2D eigenvalue weighted by atomic mass is 32.2. The minimum atomic E-state index is -3.63. The molecule has 0 radical (unpaired) electrons. The molecule has 0 saturated heterocycles. The van der Waals surface area contributed by atoms with Crippen LogP contribution >= 0.6 is 0 Å². The number of sulfonamides is 1. The first kappa shape index (κ1) is 15.0. The quantitative estimate of drug-likeness (QED) is 0.878. The van der Waals surface area contributed by atoms with Gasteiger partial charge in [0.2, 0.25) is 21.8 Å². The SMILES string of the molecule is CC1(S(=O)(=O)NC(=O)CC2CC(=O)Nc3ccccc32)CC1. The standard InChI is InChI=1S/C15H18N2O4S/c1-15(6-7-15)22(20,21)17-14(19)9-10-8-13(18)16-12-5-3-2-4-11(10)12/h2-5,10H,6-9H2,1H3,(H,16,18)(H,17,19). The lowest BCUT2D eigenvalue weighted by molar-refractivity contribution is -0.120. The second-order valence-electron chi connectivity index (χ2n) is 6.22. The summed E-state index contributed by atoms with van der Waals surface area (Å²) in [5.41, 5.74) is 1.56. The molecule has 0 aromatic heterocycles. The van der Waals surface area contributed by atoms with Crippen LogP contribution in [0.5, 0.6) is 0 Å². The van der Waals surface area contributed by atoms with Gasteiger partial charge in [0, 0.05) is 24.4 Å². The Bertz CT molecular complexity index is 738. The van der Waals surface area contributed by atoms with Crippen LogP contribution in [0.3, 0.4) is 0 Å². The maximum absolute atomic E-state index is 12.1. The first-order valence-electron chi connectivity index (χ1n) is 7.25. The van der Waals surface area contributed by atoms with Gasteiger partial charge in [0.25, 0.3) is 0 Å². The average molecular weight is 322 g/mol. The molecular formula is C15H18N2O4S. The molecule has 0 spiro atoms. The second kappa shape index (κ2) is 5.08. The Morgan fingerprint density at radius 2 is 2.05 bits per heavy atom. The molecule has 1 saturated carbocycles. The van der Waals surface area contributed by atoms with E-state index in [2.05, 4.69) is 10.0 Å². The Balaban J connectivity index is 1.73. The van der Waals surface area contributed by atoms with Crippen molar-refractivity contribution in [3.8, 4) is 0 Å². The van der Waals surface area contributed by atoms with E-state index in [4.69, 9.17) is 0 Å². The van der Waals surface area contributed by atoms with Crippen LogP contribution in [0.25, 0.3) is 0 Å². The molecule has 7 heteroatoms. The van der Waals surface area contributed by atoms with Gasteiger partial charge in [-0.15, -0.1) is 0 Å². The molecule has 6 nitrogen and oxygen atoms in total. The molecule has 1 fully saturated rings. The molecule has 2 amide bonds. The topological polar surface area (TPSA) is 92.3 Å². The molecule has 22 heavy (non-hydrogen) atoms. The maximum atomic E-state index is 12.1. The Morgan fingerprint density at radius 1 is 1.36 bits per heavy atom. The van der Waals surface area contributed by atoms with Crippen LogP contribution in [-0.4, -0.2) is 25.0 Å². The summed E-state index contributed by atoms with van der Waals surface area (Å²) in [5.74, 6) is -1.01. The number of nitrogens with one attached hydrogen (secondary N) is 2. The zero-order valence-electron chi connectivity index (χ0n) is 12.3. The summed E-state index contributed by atoms with van der Waals surface area (Å²) < 4.78 is 25.5. The van der Waals surface area contributed by atoms with Gasteiger partial charge >= 0.3 is 0 Å². The van der Waals surface area contributed by atoms with Crippen LogP contribution < -0.4 is 10.0 Å². The lowest BCUT2D eigenvalue weighted by atomic mass is 9.88. The van der Waals surface area contributed by atoms with Crippen LogP contribution in [-0.2, 0) is 19.6 Å². The summed E-state index contributed by atoms with van der Waals surface area (Å²) in [7, 11) is -3.63. The van der Waals surface area contributed by atoms with Gasteiger partial charge in [0.05, 0.1) is 4.75 Å². The lowest BCUT2D eigenvalue weighted by Gasteiger charge is -2.25. The van der Waals surface area contributed by atoms with E-state index < -0.39 is 20.7 Å². The highest BCUT2D eigenvalue weighted by Gasteiger charge is 2.50. The average Bonchev–Trinajstić information content (AvgIpc) is 3.17. The van der Waals surface area contributed by atoms with E-state index in [-0.39, 0.29) is 24.7 Å². The number of para-hydroxylation sites is 1. The summed E-state index contributed by atoms with van der Waals surface area (Å²) in [5, 5.41) is 2.76. The third kappa shape index (κ3) is 2.72. The van der Waals surface area contributed by atoms with Crippen molar-refractivity contribution in [3.05, 3.63) is 29.8 Å². The fourth-order valence-corrected chi connectivity index (χ4v) is 3.94. The third-order valence-electron chi connectivity index (χ3n) is 4.39. The molecule has 1 aliphatic carbocycles. The number of anilines is 1. The van der Waals surface area contributed by atoms with E-state index >= 15 is 0 Å². The van der Waals surface area contributed by atoms with Crippen molar-refractivity contribution in [2.45, 2.75) is 43.3 Å². The lowest BCUT2D eigenvalue weighted by Crippen LogP contribution is -2.39. The van der Waals surface area contributed by atoms with Gasteiger partial charge in [-0.3, -0.25) is 14.3 Å². The molecule has 118 valence electrons. The van der Waals surface area contributed by atoms with Crippen molar-refractivity contribution < 1.29 is 18.0 Å². The van der Waals surface area contributed by atoms with E-state index in [9.17, 15) is 18.0 Å². The Hall–Kier alpha value is -1.89. The first-order chi connectivity index (χ1) is 10.3. The van der Waals surface area contributed by atoms with Gasteiger partial charge in [-0.1, -0.05) is 18.2 Å². The molecule has 0 bridgehead atoms. The van der Waals surface area contributed by atoms with E-state index in [1.807, 2.05) is 12.1 Å². The summed E-state index contributed by atoms with van der Waals surface area (Å²) in [6.45, 7) is 1.63. The normalized spacial score (nSPS) is 22.4. The Morgan fingerprint density at radius 3 is 2.73 bits per heavy atom. The summed E-state index contributed by atoms with van der Waals surface area (Å²) in [6.07, 6.45) is 1.32. The number of benzene rings is 1. The van der Waals surface area contributed by atoms with Crippen LogP contribution in [0.15, 0.2) is 24.3 Å². The Labute approximate surface area is 129 Å². The number of fused-ring (bicyclic) bond motifs is 1. The number of amides is 2. The van der Waals surface area contributed by atoms with Crippen molar-refractivity contribution in [2.24, 2.45) is 0 Å². The zero-order valence-corrected chi connectivity index (χ0v) is 13.1. The van der Waals surface area contributed by atoms with E-state index in [0.717, 1.165) is 5.56 Å². The monoisotopic (exact) mass is 322 g/mol. The third-order valence-corrected chi connectivity index (χ3v) is 6.59. The van der Waals surface area contributed by atoms with Crippen molar-refractivity contribution >= 4 is 27.5 Å². The molecule has 1 aromatic carbocycles. The zero-order chi connectivity index (χ0) is 16.0. The van der Waals surface area contributed by atoms with E-state index in [1.54, 1.807) is 19.1 Å². The summed E-state index contributed by atoms with van der Waals surface area (Å²) >= 11 is 0. The van der Waals surface area contributed by atoms with Gasteiger partial charge in [-0.2, -0.15) is 0 Å². The minimum Gasteiger partial charge on any atom is -0.326 e. The predicted octanol–water partition coefficient (Wildman–Crippen LogP) is 1.50. The van der Waals surface area contributed by atoms with Crippen molar-refractivity contribution in [3.63, 3.8) is 0 Å².